The van der Waals surface area contributed by atoms with Crippen LogP contribution in [-0.2, 0) is 21.1 Å². The van der Waals surface area contributed by atoms with Gasteiger partial charge in [0, 0.05) is 11.7 Å². The number of fused-ring (bicyclic) bond motifs is 1. The zero-order valence-electron chi connectivity index (χ0n) is 10.9. The number of benzene rings is 1. The Morgan fingerprint density at radius 1 is 1.32 bits per heavy atom. The van der Waals surface area contributed by atoms with Crippen LogP contribution in [0.25, 0.3) is 0 Å². The van der Waals surface area contributed by atoms with Crippen molar-refractivity contribution in [1.82, 2.24) is 0 Å². The first kappa shape index (κ1) is 12.7. The Morgan fingerprint density at radius 3 is 2.74 bits per heavy atom. The van der Waals surface area contributed by atoms with E-state index in [1.165, 1.54) is 5.56 Å². The summed E-state index contributed by atoms with van der Waals surface area (Å²) in [5, 5.41) is 0. The molecule has 2 aliphatic rings. The molecular formula is C14H17NO3S. The number of hydrogen-bond donors (Lipinski definition) is 0. The first-order valence-corrected chi connectivity index (χ1v) is 8.41. The average Bonchev–Trinajstić information content (AvgIpc) is 2.87. The molecule has 0 saturated carbocycles. The van der Waals surface area contributed by atoms with Gasteiger partial charge in [-0.15, -0.1) is 0 Å². The molecule has 1 fully saturated rings. The monoisotopic (exact) mass is 279 g/mol. The summed E-state index contributed by atoms with van der Waals surface area (Å²) in [6, 6.07) is 7.99. The van der Waals surface area contributed by atoms with Gasteiger partial charge in [-0.05, 0) is 31.4 Å². The smallest absolute Gasteiger partial charge is 0.231 e. The van der Waals surface area contributed by atoms with Crippen LogP contribution in [-0.4, -0.2) is 31.9 Å². The molecule has 1 aromatic carbocycles. The van der Waals surface area contributed by atoms with Crippen molar-refractivity contribution in [2.75, 3.05) is 16.4 Å². The maximum Gasteiger partial charge on any atom is 0.231 e. The molecule has 0 N–H and O–H groups in total. The third kappa shape index (κ3) is 2.16. The summed E-state index contributed by atoms with van der Waals surface area (Å²) >= 11 is 0. The molecule has 2 aliphatic heterocycles. The number of para-hydroxylation sites is 1. The number of nitrogens with zero attached hydrogens (tertiary/aromatic N) is 1. The predicted molar refractivity (Wildman–Crippen MR) is 73.9 cm³/mol. The molecule has 0 spiro atoms. The number of carbonyl (C=O) groups is 1. The van der Waals surface area contributed by atoms with E-state index < -0.39 is 9.84 Å². The summed E-state index contributed by atoms with van der Waals surface area (Å²) in [6.45, 7) is 2.02. The van der Waals surface area contributed by atoms with Crippen LogP contribution < -0.4 is 4.90 Å². The molecule has 0 radical (unpaired) electrons. The van der Waals surface area contributed by atoms with E-state index in [1.807, 2.05) is 31.2 Å². The zero-order valence-corrected chi connectivity index (χ0v) is 11.7. The van der Waals surface area contributed by atoms with Gasteiger partial charge in [0.05, 0.1) is 17.4 Å². The summed E-state index contributed by atoms with van der Waals surface area (Å²) < 4.78 is 23.0. The van der Waals surface area contributed by atoms with Gasteiger partial charge in [0.1, 0.15) is 0 Å². The van der Waals surface area contributed by atoms with E-state index in [2.05, 4.69) is 0 Å². The Hall–Kier alpha value is -1.36. The predicted octanol–water partition coefficient (Wildman–Crippen LogP) is 1.40. The summed E-state index contributed by atoms with van der Waals surface area (Å²) in [7, 11) is -3.01. The number of amides is 1. The minimum atomic E-state index is -3.01. The van der Waals surface area contributed by atoms with E-state index in [0.29, 0.717) is 6.42 Å². The van der Waals surface area contributed by atoms with E-state index in [1.54, 1.807) is 4.90 Å². The van der Waals surface area contributed by atoms with Crippen molar-refractivity contribution in [2.24, 2.45) is 5.92 Å². The fraction of sp³-hybridized carbons (Fsp3) is 0.500. The Balaban J connectivity index is 1.89. The lowest BCUT2D eigenvalue weighted by Gasteiger charge is -2.25. The van der Waals surface area contributed by atoms with Crippen molar-refractivity contribution in [3.05, 3.63) is 29.8 Å². The Morgan fingerprint density at radius 2 is 2.05 bits per heavy atom. The van der Waals surface area contributed by atoms with Crippen LogP contribution in [0, 0.1) is 5.92 Å². The van der Waals surface area contributed by atoms with E-state index >= 15 is 0 Å². The highest BCUT2D eigenvalue weighted by Gasteiger charge is 2.39. The molecule has 1 saturated heterocycles. The van der Waals surface area contributed by atoms with E-state index in [-0.39, 0.29) is 29.4 Å². The van der Waals surface area contributed by atoms with Crippen molar-refractivity contribution in [3.63, 3.8) is 0 Å². The summed E-state index contributed by atoms with van der Waals surface area (Å²) in [4.78, 5) is 14.4. The minimum Gasteiger partial charge on any atom is -0.309 e. The van der Waals surface area contributed by atoms with Crippen LogP contribution in [0.5, 0.6) is 0 Å². The van der Waals surface area contributed by atoms with Crippen LogP contribution >= 0.6 is 0 Å². The van der Waals surface area contributed by atoms with Crippen molar-refractivity contribution in [3.8, 4) is 0 Å². The molecule has 0 unspecified atom stereocenters. The molecule has 0 bridgehead atoms. The second-order valence-electron chi connectivity index (χ2n) is 5.49. The van der Waals surface area contributed by atoms with Crippen LogP contribution in [0.3, 0.4) is 0 Å². The number of hydrogen-bond acceptors (Lipinski definition) is 3. The third-order valence-electron chi connectivity index (χ3n) is 4.03. The first-order valence-electron chi connectivity index (χ1n) is 6.59. The third-order valence-corrected chi connectivity index (χ3v) is 5.79. The molecule has 0 aromatic heterocycles. The fourth-order valence-corrected chi connectivity index (χ4v) is 4.82. The standard InChI is InChI=1S/C14H17NO3S/c1-10-8-11-4-2-3-5-13(11)15(10)14(16)12-6-7-19(17,18)9-12/h2-5,10,12H,6-9H2,1H3/t10-,12-/m0/s1. The van der Waals surface area contributed by atoms with Gasteiger partial charge < -0.3 is 4.90 Å². The minimum absolute atomic E-state index is 0.0111. The van der Waals surface area contributed by atoms with Gasteiger partial charge in [-0.3, -0.25) is 4.79 Å². The molecule has 3 rings (SSSR count). The van der Waals surface area contributed by atoms with E-state index in [9.17, 15) is 13.2 Å². The Labute approximate surface area is 113 Å². The van der Waals surface area contributed by atoms with E-state index in [4.69, 9.17) is 0 Å². The van der Waals surface area contributed by atoms with Crippen LogP contribution in [0.15, 0.2) is 24.3 Å². The molecular weight excluding hydrogens is 262 g/mol. The van der Waals surface area contributed by atoms with Crippen LogP contribution in [0.1, 0.15) is 18.9 Å². The van der Waals surface area contributed by atoms with Gasteiger partial charge in [-0.1, -0.05) is 18.2 Å². The average molecular weight is 279 g/mol. The Bertz CT molecular complexity index is 623. The molecule has 19 heavy (non-hydrogen) atoms. The maximum absolute atomic E-state index is 12.6. The van der Waals surface area contributed by atoms with Crippen LogP contribution in [0.4, 0.5) is 5.69 Å². The molecule has 4 nitrogen and oxygen atoms in total. The lowest BCUT2D eigenvalue weighted by molar-refractivity contribution is -0.121. The van der Waals surface area contributed by atoms with Gasteiger partial charge in [-0.25, -0.2) is 8.42 Å². The molecule has 5 heteroatoms. The van der Waals surface area contributed by atoms with Crippen molar-refractivity contribution in [2.45, 2.75) is 25.8 Å². The van der Waals surface area contributed by atoms with Gasteiger partial charge >= 0.3 is 0 Å². The molecule has 0 aliphatic carbocycles. The second-order valence-corrected chi connectivity index (χ2v) is 7.72. The quantitative estimate of drug-likeness (QED) is 0.781. The molecule has 1 amide bonds. The number of anilines is 1. The van der Waals surface area contributed by atoms with E-state index in [0.717, 1.165) is 12.1 Å². The second kappa shape index (κ2) is 4.34. The summed E-state index contributed by atoms with van der Waals surface area (Å²) in [6.07, 6.45) is 1.31. The van der Waals surface area contributed by atoms with Gasteiger partial charge in [-0.2, -0.15) is 0 Å². The summed E-state index contributed by atoms with van der Waals surface area (Å²) in [5.74, 6) is -0.234. The Kier molecular flexibility index (Phi) is 2.89. The van der Waals surface area contributed by atoms with Crippen LogP contribution in [0.2, 0.25) is 0 Å². The topological polar surface area (TPSA) is 54.5 Å². The number of carbonyl (C=O) groups excluding carboxylic acids is 1. The molecule has 102 valence electrons. The lowest BCUT2D eigenvalue weighted by atomic mass is 10.1. The molecule has 2 atom stereocenters. The molecule has 2 heterocycles. The SMILES string of the molecule is C[C@H]1Cc2ccccc2N1C(=O)[C@H]1CCS(=O)(=O)C1. The summed E-state index contributed by atoms with van der Waals surface area (Å²) in [5.41, 5.74) is 2.12. The van der Waals surface area contributed by atoms with Crippen molar-refractivity contribution >= 4 is 21.4 Å². The maximum atomic E-state index is 12.6. The highest BCUT2D eigenvalue weighted by atomic mass is 32.2. The number of sulfone groups is 1. The van der Waals surface area contributed by atoms with Gasteiger partial charge in [0.25, 0.3) is 0 Å². The fourth-order valence-electron chi connectivity index (χ4n) is 3.09. The van der Waals surface area contributed by atoms with Crippen molar-refractivity contribution in [1.29, 1.82) is 0 Å². The highest BCUT2D eigenvalue weighted by Crippen LogP contribution is 2.34. The normalized spacial score (nSPS) is 28.4. The lowest BCUT2D eigenvalue weighted by Crippen LogP contribution is -2.40. The van der Waals surface area contributed by atoms with Crippen molar-refractivity contribution < 1.29 is 13.2 Å². The number of rotatable bonds is 1. The zero-order chi connectivity index (χ0) is 13.6. The first-order chi connectivity index (χ1) is 8.98. The highest BCUT2D eigenvalue weighted by molar-refractivity contribution is 7.91. The van der Waals surface area contributed by atoms with Gasteiger partial charge in [0.15, 0.2) is 9.84 Å². The molecule has 1 aromatic rings. The van der Waals surface area contributed by atoms with Gasteiger partial charge in [0.2, 0.25) is 5.91 Å². The largest absolute Gasteiger partial charge is 0.309 e.